The lowest BCUT2D eigenvalue weighted by molar-refractivity contribution is 0.118. The Morgan fingerprint density at radius 1 is 1.40 bits per heavy atom. The van der Waals surface area contributed by atoms with Crippen LogP contribution in [0.3, 0.4) is 0 Å². The Labute approximate surface area is 118 Å². The van der Waals surface area contributed by atoms with Crippen molar-refractivity contribution >= 4 is 5.96 Å². The number of nitrogens with zero attached hydrogens (tertiary/aromatic N) is 1. The van der Waals surface area contributed by atoms with Gasteiger partial charge in [0, 0.05) is 18.6 Å². The fourth-order valence-electron chi connectivity index (χ4n) is 2.66. The number of nitrogens with two attached hydrogens (primary N) is 1. The second-order valence-corrected chi connectivity index (χ2v) is 5.51. The second kappa shape index (κ2) is 5.79. The summed E-state index contributed by atoms with van der Waals surface area (Å²) in [6, 6.07) is 6.98. The molecule has 0 amide bonds. The van der Waals surface area contributed by atoms with Crippen molar-refractivity contribution in [2.24, 2.45) is 10.7 Å². The van der Waals surface area contributed by atoms with Crippen molar-refractivity contribution in [1.82, 2.24) is 5.32 Å². The number of guanidine groups is 1. The number of hydrogen-bond acceptors (Lipinski definition) is 2. The molecular formula is C15H20FN3O. The molecule has 1 aliphatic heterocycles. The van der Waals surface area contributed by atoms with Gasteiger partial charge in [0.1, 0.15) is 5.82 Å². The predicted molar refractivity (Wildman–Crippen MR) is 76.1 cm³/mol. The Balaban J connectivity index is 1.47. The largest absolute Gasteiger partial charge is 0.376 e. The maximum Gasteiger partial charge on any atom is 0.188 e. The summed E-state index contributed by atoms with van der Waals surface area (Å²) in [4.78, 5) is 4.33. The van der Waals surface area contributed by atoms with Crippen LogP contribution in [0.4, 0.5) is 4.39 Å². The summed E-state index contributed by atoms with van der Waals surface area (Å²) in [6.45, 7) is 1.47. The summed E-state index contributed by atoms with van der Waals surface area (Å²) < 4.78 is 18.4. The van der Waals surface area contributed by atoms with Gasteiger partial charge in [-0.05, 0) is 37.0 Å². The van der Waals surface area contributed by atoms with E-state index in [1.165, 1.54) is 12.1 Å². The highest BCUT2D eigenvalue weighted by molar-refractivity contribution is 5.78. The first-order valence-corrected chi connectivity index (χ1v) is 7.16. The molecule has 0 radical (unpaired) electrons. The molecule has 3 rings (SSSR count). The van der Waals surface area contributed by atoms with Crippen molar-refractivity contribution in [3.63, 3.8) is 0 Å². The lowest BCUT2D eigenvalue weighted by Gasteiger charge is -2.08. The Bertz CT molecular complexity index is 482. The van der Waals surface area contributed by atoms with Gasteiger partial charge in [-0.2, -0.15) is 0 Å². The zero-order valence-corrected chi connectivity index (χ0v) is 11.4. The Morgan fingerprint density at radius 2 is 2.20 bits per heavy atom. The molecule has 5 heteroatoms. The van der Waals surface area contributed by atoms with Gasteiger partial charge in [-0.25, -0.2) is 4.39 Å². The molecule has 4 nitrogen and oxygen atoms in total. The van der Waals surface area contributed by atoms with E-state index in [0.717, 1.165) is 31.4 Å². The highest BCUT2D eigenvalue weighted by Crippen LogP contribution is 2.40. The van der Waals surface area contributed by atoms with Crippen LogP contribution in [0.25, 0.3) is 0 Å². The van der Waals surface area contributed by atoms with E-state index in [9.17, 15) is 4.39 Å². The fourth-order valence-corrected chi connectivity index (χ4v) is 2.66. The van der Waals surface area contributed by atoms with Crippen molar-refractivity contribution < 1.29 is 9.13 Å². The zero-order chi connectivity index (χ0) is 13.9. The third-order valence-electron chi connectivity index (χ3n) is 3.91. The summed E-state index contributed by atoms with van der Waals surface area (Å²) in [7, 11) is 0. The van der Waals surface area contributed by atoms with E-state index in [2.05, 4.69) is 10.3 Å². The van der Waals surface area contributed by atoms with Gasteiger partial charge >= 0.3 is 0 Å². The SMILES string of the molecule is NC(=NCC1CCCO1)N[C@@H]1C[C@H]1c1ccc(F)cc1. The smallest absolute Gasteiger partial charge is 0.188 e. The first-order chi connectivity index (χ1) is 9.72. The van der Waals surface area contributed by atoms with E-state index in [4.69, 9.17) is 10.5 Å². The third kappa shape index (κ3) is 3.28. The molecule has 20 heavy (non-hydrogen) atoms. The van der Waals surface area contributed by atoms with E-state index in [0.29, 0.717) is 24.5 Å². The summed E-state index contributed by atoms with van der Waals surface area (Å²) in [5.74, 6) is 0.693. The Kier molecular flexibility index (Phi) is 3.87. The molecule has 0 spiro atoms. The minimum absolute atomic E-state index is 0.198. The van der Waals surface area contributed by atoms with Gasteiger partial charge in [-0.1, -0.05) is 12.1 Å². The van der Waals surface area contributed by atoms with Gasteiger partial charge in [0.15, 0.2) is 5.96 Å². The van der Waals surface area contributed by atoms with Crippen LogP contribution in [0, 0.1) is 5.82 Å². The van der Waals surface area contributed by atoms with Crippen molar-refractivity contribution in [2.75, 3.05) is 13.2 Å². The van der Waals surface area contributed by atoms with Gasteiger partial charge in [0.2, 0.25) is 0 Å². The van der Waals surface area contributed by atoms with Crippen LogP contribution in [-0.2, 0) is 4.74 Å². The van der Waals surface area contributed by atoms with Gasteiger partial charge in [0.25, 0.3) is 0 Å². The molecule has 1 unspecified atom stereocenters. The maximum atomic E-state index is 12.9. The van der Waals surface area contributed by atoms with Gasteiger partial charge in [-0.3, -0.25) is 4.99 Å². The van der Waals surface area contributed by atoms with Gasteiger partial charge in [0.05, 0.1) is 12.6 Å². The maximum absolute atomic E-state index is 12.9. The van der Waals surface area contributed by atoms with Crippen molar-refractivity contribution in [1.29, 1.82) is 0 Å². The Morgan fingerprint density at radius 3 is 2.90 bits per heavy atom. The predicted octanol–water partition coefficient (Wildman–Crippen LogP) is 1.76. The molecule has 2 aliphatic rings. The highest BCUT2D eigenvalue weighted by Gasteiger charge is 2.38. The fraction of sp³-hybridized carbons (Fsp3) is 0.533. The zero-order valence-electron chi connectivity index (χ0n) is 11.4. The second-order valence-electron chi connectivity index (χ2n) is 5.51. The van der Waals surface area contributed by atoms with E-state index in [1.54, 1.807) is 0 Å². The molecule has 1 saturated carbocycles. The average molecular weight is 277 g/mol. The number of hydrogen-bond donors (Lipinski definition) is 2. The van der Waals surface area contributed by atoms with E-state index in [-0.39, 0.29) is 11.9 Å². The minimum atomic E-state index is -0.198. The van der Waals surface area contributed by atoms with Gasteiger partial charge < -0.3 is 15.8 Å². The lowest BCUT2D eigenvalue weighted by atomic mass is 10.1. The lowest BCUT2D eigenvalue weighted by Crippen LogP contribution is -2.34. The van der Waals surface area contributed by atoms with Crippen LogP contribution >= 0.6 is 0 Å². The van der Waals surface area contributed by atoms with E-state index in [1.807, 2.05) is 12.1 Å². The number of benzene rings is 1. The normalized spacial score (nSPS) is 29.4. The number of ether oxygens (including phenoxy) is 1. The van der Waals surface area contributed by atoms with E-state index < -0.39 is 0 Å². The molecule has 2 fully saturated rings. The monoisotopic (exact) mass is 277 g/mol. The van der Waals surface area contributed by atoms with Crippen molar-refractivity contribution in [3.05, 3.63) is 35.6 Å². The van der Waals surface area contributed by atoms with Crippen molar-refractivity contribution in [3.8, 4) is 0 Å². The standard InChI is InChI=1S/C15H20FN3O/c16-11-5-3-10(4-6-11)13-8-14(13)19-15(17)18-9-12-2-1-7-20-12/h3-6,12-14H,1-2,7-9H2,(H3,17,18,19)/t12?,13-,14+/m0/s1. The minimum Gasteiger partial charge on any atom is -0.376 e. The molecule has 1 aromatic rings. The molecular weight excluding hydrogens is 257 g/mol. The molecule has 3 atom stereocenters. The average Bonchev–Trinajstić information content (AvgIpc) is 3.00. The molecule has 1 saturated heterocycles. The Hall–Kier alpha value is -1.62. The molecule has 0 bridgehead atoms. The van der Waals surface area contributed by atoms with Crippen LogP contribution in [0.15, 0.2) is 29.3 Å². The molecule has 1 aliphatic carbocycles. The number of aliphatic imine (C=N–C) groups is 1. The molecule has 1 aromatic carbocycles. The first-order valence-electron chi connectivity index (χ1n) is 7.16. The van der Waals surface area contributed by atoms with E-state index >= 15 is 0 Å². The first kappa shape index (κ1) is 13.4. The number of halogens is 1. The van der Waals surface area contributed by atoms with Crippen LogP contribution in [0.2, 0.25) is 0 Å². The summed E-state index contributed by atoms with van der Waals surface area (Å²) in [5, 5.41) is 3.22. The van der Waals surface area contributed by atoms with Crippen LogP contribution in [0.1, 0.15) is 30.7 Å². The van der Waals surface area contributed by atoms with Gasteiger partial charge in [-0.15, -0.1) is 0 Å². The topological polar surface area (TPSA) is 59.6 Å². The quantitative estimate of drug-likeness (QED) is 0.651. The van der Waals surface area contributed by atoms with Crippen LogP contribution in [0.5, 0.6) is 0 Å². The highest BCUT2D eigenvalue weighted by atomic mass is 19.1. The summed E-state index contributed by atoms with van der Waals surface area (Å²) >= 11 is 0. The molecule has 1 heterocycles. The van der Waals surface area contributed by atoms with Crippen LogP contribution < -0.4 is 11.1 Å². The summed E-state index contributed by atoms with van der Waals surface area (Å²) in [6.07, 6.45) is 3.42. The third-order valence-corrected chi connectivity index (χ3v) is 3.91. The molecule has 108 valence electrons. The summed E-state index contributed by atoms with van der Waals surface area (Å²) in [5.41, 5.74) is 7.03. The molecule has 0 aromatic heterocycles. The van der Waals surface area contributed by atoms with Crippen molar-refractivity contribution in [2.45, 2.75) is 37.3 Å². The number of nitrogens with one attached hydrogen (secondary N) is 1. The van der Waals surface area contributed by atoms with Crippen LogP contribution in [-0.4, -0.2) is 31.3 Å². The number of rotatable bonds is 4. The molecule has 3 N–H and O–H groups in total.